The van der Waals surface area contributed by atoms with Gasteiger partial charge in [0.05, 0.1) is 18.2 Å². The molecular weight excluding hydrogens is 815 g/mol. The van der Waals surface area contributed by atoms with Crippen LogP contribution in [-0.4, -0.2) is 64.0 Å². The molecule has 4 aliphatic rings. The molecule has 3 aromatic rings. The van der Waals surface area contributed by atoms with Gasteiger partial charge in [0, 0.05) is 49.6 Å². The van der Waals surface area contributed by atoms with Crippen molar-refractivity contribution < 1.29 is 42.8 Å². The second-order valence-corrected chi connectivity index (χ2v) is 19.2. The van der Waals surface area contributed by atoms with Crippen LogP contribution in [0, 0.1) is 35.3 Å². The van der Waals surface area contributed by atoms with Crippen LogP contribution in [0.1, 0.15) is 127 Å². The van der Waals surface area contributed by atoms with Crippen molar-refractivity contribution in [3.8, 4) is 11.5 Å². The fourth-order valence-electron chi connectivity index (χ4n) is 10.6. The second-order valence-electron chi connectivity index (χ2n) is 19.2. The first-order valence-electron chi connectivity index (χ1n) is 23.6. The minimum absolute atomic E-state index is 0.0160. The summed E-state index contributed by atoms with van der Waals surface area (Å²) < 4.78 is 50.2. The zero-order chi connectivity index (χ0) is 45.3. The zero-order valence-electron chi connectivity index (χ0n) is 38.0. The van der Waals surface area contributed by atoms with E-state index in [2.05, 4.69) is 12.7 Å². The summed E-state index contributed by atoms with van der Waals surface area (Å²) in [5.41, 5.74) is 3.15. The van der Waals surface area contributed by atoms with Gasteiger partial charge in [0.2, 0.25) is 11.7 Å². The van der Waals surface area contributed by atoms with Crippen molar-refractivity contribution in [1.29, 1.82) is 0 Å². The number of ether oxygens (including phenoxy) is 3. The van der Waals surface area contributed by atoms with Gasteiger partial charge in [0.25, 0.3) is 0 Å². The summed E-state index contributed by atoms with van der Waals surface area (Å²) in [6.45, 7) is 10.5. The van der Waals surface area contributed by atoms with E-state index in [1.165, 1.54) is 31.0 Å². The quantitative estimate of drug-likeness (QED) is 0.0623. The number of nitrogens with zero attached hydrogens (tertiary/aromatic N) is 2. The standard InChI is InChI=1S/C53H68F2N2O7/c1-5-30-62-53-48(57(34-37-20-23-40(54)24-21-37)49(60)27-22-36-14-6-7-15-36)33-46(56-64-52(2,3)4)43-31-38(16-10-12-28-58)42(18-11-13-29-59)50(51(43)53)44-32-41(25-26-47(44)63-53)61-35-39-17-8-9-19-45(39)55/h5,8-9,17,19-21,23-26,31-32,36,38,42,48,50-51,58-59H,1,6-7,10-16,18,22,27-30,33-35H2,2-4H3. The maximum absolute atomic E-state index is 15.1. The van der Waals surface area contributed by atoms with Crippen LogP contribution < -0.4 is 9.47 Å². The van der Waals surface area contributed by atoms with Gasteiger partial charge in [-0.15, -0.1) is 6.58 Å². The molecule has 1 aliphatic heterocycles. The number of aliphatic hydroxyl groups is 2. The Morgan fingerprint density at radius 2 is 1.70 bits per heavy atom. The molecule has 2 N–H and O–H groups in total. The summed E-state index contributed by atoms with van der Waals surface area (Å²) in [5, 5.41) is 24.9. The molecule has 2 saturated carbocycles. The Bertz CT molecular complexity index is 2090. The van der Waals surface area contributed by atoms with Crippen LogP contribution >= 0.6 is 0 Å². The van der Waals surface area contributed by atoms with Crippen molar-refractivity contribution in [1.82, 2.24) is 4.90 Å². The number of fused-ring (bicyclic) bond motifs is 2. The maximum Gasteiger partial charge on any atom is 0.239 e. The number of allylic oxidation sites excluding steroid dienone is 1. The number of aliphatic hydroxyl groups excluding tert-OH is 2. The van der Waals surface area contributed by atoms with Gasteiger partial charge in [-0.1, -0.05) is 86.2 Å². The van der Waals surface area contributed by atoms with Crippen LogP contribution in [0.3, 0.4) is 0 Å². The van der Waals surface area contributed by atoms with Gasteiger partial charge in [-0.25, -0.2) is 8.78 Å². The molecule has 3 aliphatic carbocycles. The van der Waals surface area contributed by atoms with Crippen LogP contribution in [-0.2, 0) is 27.5 Å². The Balaban J connectivity index is 1.43. The molecule has 6 unspecified atom stereocenters. The monoisotopic (exact) mass is 882 g/mol. The van der Waals surface area contributed by atoms with Crippen molar-refractivity contribution in [2.45, 2.75) is 141 Å². The van der Waals surface area contributed by atoms with Crippen LogP contribution in [0.25, 0.3) is 0 Å². The fraction of sp³-hybridized carbons (Fsp3) is 0.547. The molecule has 0 aromatic heterocycles. The predicted molar refractivity (Wildman–Crippen MR) is 245 cm³/mol. The predicted octanol–water partition coefficient (Wildman–Crippen LogP) is 11.0. The Morgan fingerprint density at radius 1 is 0.969 bits per heavy atom. The van der Waals surface area contributed by atoms with Crippen LogP contribution in [0.4, 0.5) is 8.78 Å². The lowest BCUT2D eigenvalue weighted by atomic mass is 9.55. The van der Waals surface area contributed by atoms with E-state index in [9.17, 15) is 19.0 Å². The third kappa shape index (κ3) is 11.1. The number of hydrogen-bond acceptors (Lipinski definition) is 8. The number of benzene rings is 3. The molecule has 7 rings (SSSR count). The number of amides is 1. The van der Waals surface area contributed by atoms with Gasteiger partial charge in [-0.2, -0.15) is 0 Å². The number of hydrogen-bond donors (Lipinski definition) is 2. The highest BCUT2D eigenvalue weighted by molar-refractivity contribution is 6.03. The summed E-state index contributed by atoms with van der Waals surface area (Å²) in [7, 11) is 0. The molecule has 3 aromatic carbocycles. The van der Waals surface area contributed by atoms with Crippen molar-refractivity contribution in [3.05, 3.63) is 119 Å². The van der Waals surface area contributed by atoms with Crippen LogP contribution in [0.5, 0.6) is 11.5 Å². The van der Waals surface area contributed by atoms with Crippen molar-refractivity contribution in [3.63, 3.8) is 0 Å². The summed E-state index contributed by atoms with van der Waals surface area (Å²) in [4.78, 5) is 23.3. The zero-order valence-corrected chi connectivity index (χ0v) is 38.0. The van der Waals surface area contributed by atoms with Gasteiger partial charge in [-0.05, 0) is 118 Å². The first-order chi connectivity index (χ1) is 30.9. The van der Waals surface area contributed by atoms with Crippen LogP contribution in [0.15, 0.2) is 96.2 Å². The number of carbonyl (C=O) groups is 1. The molecule has 1 amide bonds. The molecule has 0 saturated heterocycles. The molecule has 0 bridgehead atoms. The Kier molecular flexibility index (Phi) is 16.0. The van der Waals surface area contributed by atoms with Gasteiger partial charge < -0.3 is 34.2 Å². The van der Waals surface area contributed by atoms with Crippen LogP contribution in [0.2, 0.25) is 0 Å². The highest BCUT2D eigenvalue weighted by Gasteiger charge is 2.65. The first-order valence-corrected chi connectivity index (χ1v) is 23.6. The average Bonchev–Trinajstić information content (AvgIpc) is 3.81. The molecule has 6 atom stereocenters. The second kappa shape index (κ2) is 21.6. The molecule has 0 radical (unpaired) electrons. The third-order valence-corrected chi connectivity index (χ3v) is 13.6. The van der Waals surface area contributed by atoms with E-state index in [1.54, 1.807) is 36.4 Å². The highest BCUT2D eigenvalue weighted by atomic mass is 19.1. The van der Waals surface area contributed by atoms with Crippen molar-refractivity contribution >= 4 is 11.6 Å². The lowest BCUT2D eigenvalue weighted by molar-refractivity contribution is -0.258. The molecule has 11 heteroatoms. The maximum atomic E-state index is 15.1. The molecule has 0 spiro atoms. The van der Waals surface area contributed by atoms with Gasteiger partial charge in [-0.3, -0.25) is 4.79 Å². The van der Waals surface area contributed by atoms with Crippen molar-refractivity contribution in [2.75, 3.05) is 19.8 Å². The van der Waals surface area contributed by atoms with Gasteiger partial charge in [0.1, 0.15) is 41.4 Å². The molecule has 1 heterocycles. The summed E-state index contributed by atoms with van der Waals surface area (Å²) >= 11 is 0. The third-order valence-electron chi connectivity index (χ3n) is 13.6. The number of rotatable bonds is 21. The van der Waals surface area contributed by atoms with E-state index in [0.29, 0.717) is 48.0 Å². The average molecular weight is 883 g/mol. The van der Waals surface area contributed by atoms with Crippen molar-refractivity contribution in [2.24, 2.45) is 28.8 Å². The van der Waals surface area contributed by atoms with E-state index in [4.69, 9.17) is 24.2 Å². The molecule has 9 nitrogen and oxygen atoms in total. The minimum Gasteiger partial charge on any atom is -0.489 e. The molecular formula is C53H68F2N2O7. The summed E-state index contributed by atoms with van der Waals surface area (Å²) in [6, 6.07) is 17.9. The Labute approximate surface area is 378 Å². The molecule has 2 fully saturated rings. The number of carbonyl (C=O) groups excluding carboxylic acids is 1. The Morgan fingerprint density at radius 3 is 2.41 bits per heavy atom. The first kappa shape index (κ1) is 47.4. The number of oxime groups is 1. The van der Waals surface area contributed by atoms with E-state index in [1.807, 2.05) is 43.9 Å². The van der Waals surface area contributed by atoms with E-state index >= 15 is 4.79 Å². The Hall–Kier alpha value is -4.58. The topological polar surface area (TPSA) is 110 Å². The highest BCUT2D eigenvalue weighted by Crippen LogP contribution is 2.62. The fourth-order valence-corrected chi connectivity index (χ4v) is 10.6. The smallest absolute Gasteiger partial charge is 0.239 e. The largest absolute Gasteiger partial charge is 0.489 e. The number of halogens is 2. The van der Waals surface area contributed by atoms with E-state index in [0.717, 1.165) is 61.6 Å². The number of unbranched alkanes of at least 4 members (excludes halogenated alkanes) is 2. The summed E-state index contributed by atoms with van der Waals surface area (Å²) in [5.74, 6) is -1.23. The van der Waals surface area contributed by atoms with Gasteiger partial charge >= 0.3 is 0 Å². The molecule has 64 heavy (non-hydrogen) atoms. The lowest BCUT2D eigenvalue weighted by Crippen LogP contribution is -2.70. The van der Waals surface area contributed by atoms with E-state index < -0.39 is 23.3 Å². The van der Waals surface area contributed by atoms with E-state index in [-0.39, 0.29) is 74.7 Å². The summed E-state index contributed by atoms with van der Waals surface area (Å²) in [6.07, 6.45) is 14.5. The molecule has 346 valence electrons. The minimum atomic E-state index is -1.44. The SMILES string of the molecule is C=CCOC12Oc3ccc(OCc4ccccc4F)cc3C3C(CCCCO)C(CCCCO)C=C(C(=NOC(C)(C)C)CC1N(Cc1ccc(F)cc1)C(=O)CCC1CCCC1)C32. The van der Waals surface area contributed by atoms with Gasteiger partial charge in [0.15, 0.2) is 0 Å². The normalized spacial score (nSPS) is 24.6. The lowest BCUT2D eigenvalue weighted by Gasteiger charge is -2.60.